The molecule has 51 heavy (non-hydrogen) atoms. The van der Waals surface area contributed by atoms with Gasteiger partial charge >= 0.3 is 0 Å². The third-order valence-electron chi connectivity index (χ3n) is 8.64. The number of halogens is 2. The summed E-state index contributed by atoms with van der Waals surface area (Å²) < 4.78 is 16.3. The number of aldehydes is 1. The van der Waals surface area contributed by atoms with E-state index in [2.05, 4.69) is 46.6 Å². The highest BCUT2D eigenvalue weighted by Gasteiger charge is 2.35. The van der Waals surface area contributed by atoms with Gasteiger partial charge in [-0.2, -0.15) is 5.10 Å². The van der Waals surface area contributed by atoms with Crippen molar-refractivity contribution in [3.8, 4) is 11.1 Å². The first-order valence-corrected chi connectivity index (χ1v) is 17.1. The van der Waals surface area contributed by atoms with Crippen molar-refractivity contribution in [3.63, 3.8) is 0 Å². The summed E-state index contributed by atoms with van der Waals surface area (Å²) in [6.07, 6.45) is 4.52. The second-order valence-corrected chi connectivity index (χ2v) is 13.2. The smallest absolute Gasteiger partial charge is 0.254 e. The maximum absolute atomic E-state index is 14.0. The number of amides is 2. The summed E-state index contributed by atoms with van der Waals surface area (Å²) in [5, 5.41) is 10.8. The van der Waals surface area contributed by atoms with Crippen molar-refractivity contribution < 1.29 is 23.6 Å². The van der Waals surface area contributed by atoms with Crippen molar-refractivity contribution in [3.05, 3.63) is 99.6 Å². The molecule has 1 saturated heterocycles. The predicted octanol–water partition coefficient (Wildman–Crippen LogP) is 5.49. The minimum Gasteiger partial charge on any atom is -0.373 e. The number of carbonyl (C=O) groups is 4. The molecule has 2 N–H and O–H groups in total. The third kappa shape index (κ3) is 8.51. The number of rotatable bonds is 9. The molecule has 0 spiro atoms. The molecule has 0 saturated carbocycles. The molecule has 4 heterocycles. The molecule has 3 aromatic heterocycles. The Morgan fingerprint density at radius 1 is 1.02 bits per heavy atom. The quantitative estimate of drug-likeness (QED) is 0.113. The Hall–Kier alpha value is -5.37. The van der Waals surface area contributed by atoms with Crippen LogP contribution in [0.15, 0.2) is 65.5 Å². The molecule has 0 aliphatic carbocycles. The number of fused-ring (bicyclic) bond motifs is 1. The lowest BCUT2D eigenvalue weighted by Crippen LogP contribution is -2.39. The number of hydrogen-bond donors (Lipinski definition) is 2. The molecule has 2 aromatic carbocycles. The van der Waals surface area contributed by atoms with E-state index in [0.717, 1.165) is 39.0 Å². The Kier molecular flexibility index (Phi) is 11.7. The SMILES string of the molecule is CC(=O)c1nn(CC(=O)N2CC(CNC(=O)c3ccccc3F)CC2C=O)c2c(C)cc(-c3cnc(C)nc3)cc12.CNc1nc(Br)ccc1C. The number of benzene rings is 2. The van der Waals surface area contributed by atoms with Crippen LogP contribution in [0.3, 0.4) is 0 Å². The number of ketones is 1. The molecule has 5 aromatic rings. The van der Waals surface area contributed by atoms with Gasteiger partial charge in [0.1, 0.15) is 40.6 Å². The Bertz CT molecular complexity index is 2100. The van der Waals surface area contributed by atoms with Crippen LogP contribution in [0.2, 0.25) is 0 Å². The van der Waals surface area contributed by atoms with E-state index in [0.29, 0.717) is 23.1 Å². The minimum atomic E-state index is -0.666. The van der Waals surface area contributed by atoms with Crippen LogP contribution in [0.25, 0.3) is 22.0 Å². The molecule has 1 aliphatic rings. The number of aryl methyl sites for hydroxylation is 3. The van der Waals surface area contributed by atoms with Gasteiger partial charge in [0.25, 0.3) is 5.91 Å². The van der Waals surface area contributed by atoms with Crippen LogP contribution in [0, 0.1) is 32.5 Å². The summed E-state index contributed by atoms with van der Waals surface area (Å²) in [6.45, 7) is 7.38. The number of Topliss-reactive ketones (excluding diaryl/α,β-unsaturated/α-hetero) is 1. The number of hydrogen-bond acceptors (Lipinski definition) is 9. The van der Waals surface area contributed by atoms with Crippen molar-refractivity contribution in [2.45, 2.75) is 46.7 Å². The van der Waals surface area contributed by atoms with E-state index in [1.165, 1.54) is 34.7 Å². The summed E-state index contributed by atoms with van der Waals surface area (Å²) in [6, 6.07) is 12.7. The van der Waals surface area contributed by atoms with Gasteiger partial charge < -0.3 is 20.3 Å². The molecule has 1 aliphatic heterocycles. The minimum absolute atomic E-state index is 0.0642. The molecule has 2 atom stereocenters. The monoisotopic (exact) mass is 756 g/mol. The Morgan fingerprint density at radius 3 is 2.39 bits per heavy atom. The van der Waals surface area contributed by atoms with Crippen LogP contribution in [0.4, 0.5) is 10.2 Å². The lowest BCUT2D eigenvalue weighted by atomic mass is 10.0. The molecule has 0 bridgehead atoms. The summed E-state index contributed by atoms with van der Waals surface area (Å²) in [5.41, 5.74) is 4.41. The fourth-order valence-electron chi connectivity index (χ4n) is 6.09. The topological polar surface area (TPSA) is 152 Å². The zero-order valence-corrected chi connectivity index (χ0v) is 30.5. The van der Waals surface area contributed by atoms with E-state index >= 15 is 0 Å². The van der Waals surface area contributed by atoms with Crippen LogP contribution >= 0.6 is 15.9 Å². The van der Waals surface area contributed by atoms with Gasteiger partial charge in [-0.1, -0.05) is 18.2 Å². The van der Waals surface area contributed by atoms with Crippen molar-refractivity contribution in [1.29, 1.82) is 0 Å². The molecular formula is C37H38BrFN8O4. The van der Waals surface area contributed by atoms with E-state index in [9.17, 15) is 23.6 Å². The number of carbonyl (C=O) groups excluding carboxylic acids is 4. The van der Waals surface area contributed by atoms with Gasteiger partial charge in [-0.3, -0.25) is 19.1 Å². The molecule has 0 radical (unpaired) electrons. The van der Waals surface area contributed by atoms with Crippen LogP contribution in [-0.4, -0.2) is 79.7 Å². The van der Waals surface area contributed by atoms with E-state index in [1.807, 2.05) is 45.2 Å². The highest BCUT2D eigenvalue weighted by molar-refractivity contribution is 9.10. The number of anilines is 1. The average Bonchev–Trinajstić information content (AvgIpc) is 3.71. The zero-order chi connectivity index (χ0) is 36.8. The molecule has 1 fully saturated rings. The third-order valence-corrected chi connectivity index (χ3v) is 9.09. The average molecular weight is 758 g/mol. The number of aromatic nitrogens is 5. The van der Waals surface area contributed by atoms with Gasteiger partial charge in [0, 0.05) is 50.4 Å². The lowest BCUT2D eigenvalue weighted by molar-refractivity contribution is -0.135. The van der Waals surface area contributed by atoms with E-state index in [1.54, 1.807) is 25.4 Å². The summed E-state index contributed by atoms with van der Waals surface area (Å²) >= 11 is 3.29. The Labute approximate surface area is 303 Å². The van der Waals surface area contributed by atoms with Crippen LogP contribution in [-0.2, 0) is 16.1 Å². The van der Waals surface area contributed by atoms with Gasteiger partial charge in [-0.15, -0.1) is 0 Å². The first-order chi connectivity index (χ1) is 24.4. The largest absolute Gasteiger partial charge is 0.373 e. The Balaban J connectivity index is 0.000000435. The summed E-state index contributed by atoms with van der Waals surface area (Å²) in [7, 11) is 1.86. The van der Waals surface area contributed by atoms with Gasteiger partial charge in [-0.25, -0.2) is 19.3 Å². The van der Waals surface area contributed by atoms with E-state index < -0.39 is 17.8 Å². The number of nitrogens with one attached hydrogen (secondary N) is 2. The van der Waals surface area contributed by atoms with Crippen LogP contribution in [0.1, 0.15) is 51.1 Å². The van der Waals surface area contributed by atoms with Crippen molar-refractivity contribution in [2.75, 3.05) is 25.5 Å². The zero-order valence-electron chi connectivity index (χ0n) is 28.9. The molecule has 12 nitrogen and oxygen atoms in total. The molecule has 264 valence electrons. The Morgan fingerprint density at radius 2 is 1.75 bits per heavy atom. The van der Waals surface area contributed by atoms with Crippen molar-refractivity contribution >= 4 is 56.5 Å². The van der Waals surface area contributed by atoms with E-state index in [4.69, 9.17) is 0 Å². The molecular weight excluding hydrogens is 719 g/mol. The number of likely N-dealkylation sites (tertiary alicyclic amines) is 1. The van der Waals surface area contributed by atoms with Gasteiger partial charge in [0.2, 0.25) is 5.91 Å². The number of pyridine rings is 1. The van der Waals surface area contributed by atoms with Crippen molar-refractivity contribution in [2.24, 2.45) is 5.92 Å². The van der Waals surface area contributed by atoms with E-state index in [-0.39, 0.29) is 48.5 Å². The van der Waals surface area contributed by atoms with Gasteiger partial charge in [-0.05, 0) is 96.1 Å². The molecule has 2 unspecified atom stereocenters. The maximum atomic E-state index is 14.0. The summed E-state index contributed by atoms with van der Waals surface area (Å²) in [5.74, 6) is -0.363. The maximum Gasteiger partial charge on any atom is 0.254 e. The van der Waals surface area contributed by atoms with Crippen molar-refractivity contribution in [1.82, 2.24) is 34.9 Å². The normalized spacial score (nSPS) is 15.2. The fourth-order valence-corrected chi connectivity index (χ4v) is 6.39. The fraction of sp³-hybridized carbons (Fsp3) is 0.297. The second-order valence-electron chi connectivity index (χ2n) is 12.4. The highest BCUT2D eigenvalue weighted by atomic mass is 79.9. The van der Waals surface area contributed by atoms with Gasteiger partial charge in [0.05, 0.1) is 17.1 Å². The van der Waals surface area contributed by atoms with Crippen LogP contribution < -0.4 is 10.6 Å². The second kappa shape index (κ2) is 16.1. The molecule has 14 heteroatoms. The highest BCUT2D eigenvalue weighted by Crippen LogP contribution is 2.30. The van der Waals surface area contributed by atoms with Gasteiger partial charge in [0.15, 0.2) is 5.78 Å². The standard InChI is InChI=1S/C30H29FN6O4.C7H9BrN2/c1-17-8-21(22-12-32-19(3)33-13-22)10-25-28(18(2)39)35-37(29(17)25)15-27(40)36-14-20(9-23(36)16-38)11-34-30(41)24-6-4-5-7-26(24)31;1-5-3-4-6(8)10-7(5)9-2/h4-8,10,12-13,16,20,23H,9,11,14-15H2,1-3H3,(H,34,41);3-4H,1-2H3,(H,9,10). The first-order valence-electron chi connectivity index (χ1n) is 16.3. The number of nitrogens with zero attached hydrogens (tertiary/aromatic N) is 6. The molecule has 2 amide bonds. The van der Waals surface area contributed by atoms with Crippen LogP contribution in [0.5, 0.6) is 0 Å². The molecule has 6 rings (SSSR count). The summed E-state index contributed by atoms with van der Waals surface area (Å²) in [4.78, 5) is 64.4. The first kappa shape index (κ1) is 36.9. The predicted molar refractivity (Wildman–Crippen MR) is 195 cm³/mol. The lowest BCUT2D eigenvalue weighted by Gasteiger charge is -2.21.